The predicted molar refractivity (Wildman–Crippen MR) is 80.4 cm³/mol. The van der Waals surface area contributed by atoms with Crippen molar-refractivity contribution in [1.82, 2.24) is 19.3 Å². The fraction of sp³-hybridized carbons (Fsp3) is 0.385. The Bertz CT molecular complexity index is 638. The second-order valence-electron chi connectivity index (χ2n) is 4.50. The fourth-order valence-electron chi connectivity index (χ4n) is 1.71. The van der Waals surface area contributed by atoms with Gasteiger partial charge in [-0.3, -0.25) is 0 Å². The molecule has 0 saturated carbocycles. The molecule has 2 aromatic rings. The Kier molecular flexibility index (Phi) is 5.29. The fourth-order valence-corrected chi connectivity index (χ4v) is 2.67. The number of imidazole rings is 1. The number of nitrogens with one attached hydrogen (secondary N) is 2. The van der Waals surface area contributed by atoms with Crippen LogP contribution in [0, 0.1) is 0 Å². The lowest BCUT2D eigenvalue weighted by Gasteiger charge is -2.08. The van der Waals surface area contributed by atoms with Crippen LogP contribution in [0.3, 0.4) is 0 Å². The maximum atomic E-state index is 12.1. The molecule has 0 aliphatic carbocycles. The Balaban J connectivity index is 1.92. The van der Waals surface area contributed by atoms with E-state index in [1.807, 2.05) is 0 Å². The van der Waals surface area contributed by atoms with Gasteiger partial charge in [0.15, 0.2) is 0 Å². The van der Waals surface area contributed by atoms with Gasteiger partial charge in [0.05, 0.1) is 6.33 Å². The summed E-state index contributed by atoms with van der Waals surface area (Å²) in [5.41, 5.74) is 0. The molecule has 2 rings (SSSR count). The van der Waals surface area contributed by atoms with Crippen LogP contribution in [0.2, 0.25) is 0 Å². The molecule has 0 saturated heterocycles. The van der Waals surface area contributed by atoms with E-state index in [1.54, 1.807) is 35.4 Å². The van der Waals surface area contributed by atoms with Crippen LogP contribution in [0.15, 0.2) is 41.9 Å². The van der Waals surface area contributed by atoms with E-state index < -0.39 is 10.0 Å². The van der Waals surface area contributed by atoms with Crippen LogP contribution >= 0.6 is 0 Å². The standard InChI is InChI=1S/C13H19N5O2S/c1-2-5-15-13-4-3-12(10-16-13)21(19,20)17-7-9-18-8-6-14-11-18/h3-4,6,8,10-11,17H,2,5,7,9H2,1H3,(H,15,16). The molecule has 0 atom stereocenters. The van der Waals surface area contributed by atoms with E-state index >= 15 is 0 Å². The van der Waals surface area contributed by atoms with Gasteiger partial charge < -0.3 is 9.88 Å². The number of aromatic nitrogens is 3. The second-order valence-corrected chi connectivity index (χ2v) is 6.27. The minimum atomic E-state index is -3.52. The van der Waals surface area contributed by atoms with Crippen molar-refractivity contribution >= 4 is 15.8 Å². The summed E-state index contributed by atoms with van der Waals surface area (Å²) < 4.78 is 28.5. The molecule has 0 radical (unpaired) electrons. The molecule has 21 heavy (non-hydrogen) atoms. The van der Waals surface area contributed by atoms with Gasteiger partial charge in [0.2, 0.25) is 10.0 Å². The van der Waals surface area contributed by atoms with E-state index in [0.29, 0.717) is 18.9 Å². The van der Waals surface area contributed by atoms with Crippen molar-refractivity contribution in [2.45, 2.75) is 24.8 Å². The van der Waals surface area contributed by atoms with Gasteiger partial charge in [-0.1, -0.05) is 6.92 Å². The Morgan fingerprint density at radius 2 is 2.14 bits per heavy atom. The molecule has 0 fully saturated rings. The van der Waals surface area contributed by atoms with Crippen LogP contribution in [0.1, 0.15) is 13.3 Å². The number of hydrogen-bond donors (Lipinski definition) is 2. The second kappa shape index (κ2) is 7.19. The highest BCUT2D eigenvalue weighted by Gasteiger charge is 2.13. The monoisotopic (exact) mass is 309 g/mol. The third-order valence-electron chi connectivity index (χ3n) is 2.82. The smallest absolute Gasteiger partial charge is 0.242 e. The van der Waals surface area contributed by atoms with Crippen molar-refractivity contribution in [3.63, 3.8) is 0 Å². The number of sulfonamides is 1. The van der Waals surface area contributed by atoms with Crippen LogP contribution in [-0.2, 0) is 16.6 Å². The molecule has 2 heterocycles. The van der Waals surface area contributed by atoms with Crippen molar-refractivity contribution in [1.29, 1.82) is 0 Å². The first kappa shape index (κ1) is 15.5. The van der Waals surface area contributed by atoms with Crippen LogP contribution in [0.25, 0.3) is 0 Å². The largest absolute Gasteiger partial charge is 0.370 e. The average molecular weight is 309 g/mol. The van der Waals surface area contributed by atoms with Gasteiger partial charge >= 0.3 is 0 Å². The minimum Gasteiger partial charge on any atom is -0.370 e. The lowest BCUT2D eigenvalue weighted by Crippen LogP contribution is -2.27. The molecule has 0 bridgehead atoms. The Morgan fingerprint density at radius 1 is 1.29 bits per heavy atom. The van der Waals surface area contributed by atoms with Gasteiger partial charge in [-0.05, 0) is 18.6 Å². The lowest BCUT2D eigenvalue weighted by molar-refractivity contribution is 0.572. The van der Waals surface area contributed by atoms with Crippen molar-refractivity contribution in [2.24, 2.45) is 0 Å². The highest BCUT2D eigenvalue weighted by molar-refractivity contribution is 7.89. The molecule has 2 aromatic heterocycles. The molecule has 0 aliphatic rings. The summed E-state index contributed by atoms with van der Waals surface area (Å²) in [6.45, 7) is 3.69. The quantitative estimate of drug-likeness (QED) is 0.761. The predicted octanol–water partition coefficient (Wildman–Crippen LogP) is 1.08. The highest BCUT2D eigenvalue weighted by Crippen LogP contribution is 2.10. The first-order chi connectivity index (χ1) is 10.1. The van der Waals surface area contributed by atoms with Gasteiger partial charge in [-0.2, -0.15) is 0 Å². The summed E-state index contributed by atoms with van der Waals surface area (Å²) in [5.74, 6) is 0.675. The summed E-state index contributed by atoms with van der Waals surface area (Å²) >= 11 is 0. The number of anilines is 1. The van der Waals surface area contributed by atoms with Crippen LogP contribution in [0.5, 0.6) is 0 Å². The molecular weight excluding hydrogens is 290 g/mol. The maximum absolute atomic E-state index is 12.1. The average Bonchev–Trinajstić information content (AvgIpc) is 2.98. The summed E-state index contributed by atoms with van der Waals surface area (Å²) in [6, 6.07) is 3.21. The summed E-state index contributed by atoms with van der Waals surface area (Å²) in [5, 5.41) is 3.10. The van der Waals surface area contributed by atoms with Crippen molar-refractivity contribution in [3.05, 3.63) is 37.1 Å². The van der Waals surface area contributed by atoms with Gasteiger partial charge in [0.1, 0.15) is 10.7 Å². The normalized spacial score (nSPS) is 11.5. The Labute approximate surface area is 124 Å². The molecule has 114 valence electrons. The SMILES string of the molecule is CCCNc1ccc(S(=O)(=O)NCCn2ccnc2)cn1. The van der Waals surface area contributed by atoms with E-state index in [4.69, 9.17) is 0 Å². The van der Waals surface area contributed by atoms with Crippen LogP contribution in [-0.4, -0.2) is 36.0 Å². The molecule has 0 aliphatic heterocycles. The first-order valence-electron chi connectivity index (χ1n) is 6.77. The van der Waals surface area contributed by atoms with Gasteiger partial charge in [0, 0.05) is 38.2 Å². The van der Waals surface area contributed by atoms with Gasteiger partial charge in [-0.25, -0.2) is 23.1 Å². The highest BCUT2D eigenvalue weighted by atomic mass is 32.2. The molecule has 0 spiro atoms. The third-order valence-corrected chi connectivity index (χ3v) is 4.27. The Morgan fingerprint density at radius 3 is 2.76 bits per heavy atom. The molecule has 2 N–H and O–H groups in total. The van der Waals surface area contributed by atoms with E-state index in [0.717, 1.165) is 13.0 Å². The Hall–Kier alpha value is -1.93. The van der Waals surface area contributed by atoms with E-state index in [2.05, 4.69) is 26.9 Å². The van der Waals surface area contributed by atoms with Crippen molar-refractivity contribution in [2.75, 3.05) is 18.4 Å². The van der Waals surface area contributed by atoms with Gasteiger partial charge in [0.25, 0.3) is 0 Å². The number of rotatable bonds is 8. The molecule has 8 heteroatoms. The van der Waals surface area contributed by atoms with Crippen LogP contribution < -0.4 is 10.0 Å². The zero-order valence-electron chi connectivity index (χ0n) is 11.9. The van der Waals surface area contributed by atoms with Crippen molar-refractivity contribution < 1.29 is 8.42 Å². The molecule has 0 amide bonds. The minimum absolute atomic E-state index is 0.162. The van der Waals surface area contributed by atoms with E-state index in [-0.39, 0.29) is 4.90 Å². The lowest BCUT2D eigenvalue weighted by atomic mass is 10.4. The zero-order valence-corrected chi connectivity index (χ0v) is 12.7. The first-order valence-corrected chi connectivity index (χ1v) is 8.25. The van der Waals surface area contributed by atoms with E-state index in [9.17, 15) is 8.42 Å². The maximum Gasteiger partial charge on any atom is 0.242 e. The molecule has 0 aromatic carbocycles. The molecule has 0 unspecified atom stereocenters. The van der Waals surface area contributed by atoms with E-state index in [1.165, 1.54) is 6.20 Å². The molecular formula is C13H19N5O2S. The third kappa shape index (κ3) is 4.54. The number of hydrogen-bond acceptors (Lipinski definition) is 5. The summed E-state index contributed by atoms with van der Waals surface area (Å²) in [4.78, 5) is 8.16. The number of pyridine rings is 1. The molecule has 7 nitrogen and oxygen atoms in total. The van der Waals surface area contributed by atoms with Crippen LogP contribution in [0.4, 0.5) is 5.82 Å². The number of nitrogens with zero attached hydrogens (tertiary/aromatic N) is 3. The topological polar surface area (TPSA) is 88.9 Å². The summed E-state index contributed by atoms with van der Waals surface area (Å²) in [7, 11) is -3.52. The zero-order chi connectivity index (χ0) is 15.1. The van der Waals surface area contributed by atoms with Crippen molar-refractivity contribution in [3.8, 4) is 0 Å². The summed E-state index contributed by atoms with van der Waals surface area (Å²) in [6.07, 6.45) is 7.42. The van der Waals surface area contributed by atoms with Gasteiger partial charge in [-0.15, -0.1) is 0 Å².